The second kappa shape index (κ2) is 3.46. The summed E-state index contributed by atoms with van der Waals surface area (Å²) in [5, 5.41) is 0. The molecule has 1 heterocycles. The van der Waals surface area contributed by atoms with Gasteiger partial charge in [0.1, 0.15) is 5.60 Å². The number of ether oxygens (including phenoxy) is 3. The molecule has 0 aromatic rings. The second-order valence-corrected chi connectivity index (χ2v) is 4.49. The Morgan fingerprint density at radius 3 is 2.73 bits per heavy atom. The van der Waals surface area contributed by atoms with Gasteiger partial charge in [-0.1, -0.05) is 12.8 Å². The Balaban J connectivity index is 2.18. The van der Waals surface area contributed by atoms with Gasteiger partial charge in [0.05, 0.1) is 13.2 Å². The fourth-order valence-corrected chi connectivity index (χ4v) is 2.83. The van der Waals surface area contributed by atoms with Gasteiger partial charge in [-0.15, -0.1) is 0 Å². The van der Waals surface area contributed by atoms with Crippen molar-refractivity contribution in [2.75, 3.05) is 14.2 Å². The molecular weight excluding hydrogens is 196 g/mol. The van der Waals surface area contributed by atoms with Gasteiger partial charge in [0.2, 0.25) is 0 Å². The Hall–Kier alpha value is -0.610. The topological polar surface area (TPSA) is 48.1 Å². The molecule has 4 heteroatoms. The zero-order valence-corrected chi connectivity index (χ0v) is 9.54. The van der Waals surface area contributed by atoms with Gasteiger partial charge in [-0.25, -0.2) is 4.79 Å². The number of hydrogen-bond donors (Lipinski definition) is 0. The standard InChI is InChI=1S/C11H18O4/c1-10(9(12)14-3)11(15-10)7-5-4-6-8(11)13-2/h8H,4-7H2,1-3H3. The summed E-state index contributed by atoms with van der Waals surface area (Å²) >= 11 is 0. The number of epoxide rings is 1. The molecule has 1 saturated heterocycles. The van der Waals surface area contributed by atoms with Gasteiger partial charge in [-0.2, -0.15) is 0 Å². The van der Waals surface area contributed by atoms with Gasteiger partial charge in [0.15, 0.2) is 5.60 Å². The third kappa shape index (κ3) is 1.31. The molecule has 15 heavy (non-hydrogen) atoms. The van der Waals surface area contributed by atoms with E-state index in [1.807, 2.05) is 0 Å². The summed E-state index contributed by atoms with van der Waals surface area (Å²) in [6.45, 7) is 1.80. The molecule has 4 nitrogen and oxygen atoms in total. The lowest BCUT2D eigenvalue weighted by atomic mass is 9.78. The van der Waals surface area contributed by atoms with E-state index in [-0.39, 0.29) is 12.1 Å². The van der Waals surface area contributed by atoms with Crippen molar-refractivity contribution in [2.45, 2.75) is 49.9 Å². The van der Waals surface area contributed by atoms with Crippen LogP contribution in [0.2, 0.25) is 0 Å². The molecule has 1 saturated carbocycles. The Morgan fingerprint density at radius 1 is 1.40 bits per heavy atom. The van der Waals surface area contributed by atoms with Crippen molar-refractivity contribution in [3.8, 4) is 0 Å². The minimum Gasteiger partial charge on any atom is -0.467 e. The molecule has 2 aliphatic rings. The highest BCUT2D eigenvalue weighted by Crippen LogP contribution is 2.57. The summed E-state index contributed by atoms with van der Waals surface area (Å²) in [5.74, 6) is -0.286. The fourth-order valence-electron chi connectivity index (χ4n) is 2.83. The summed E-state index contributed by atoms with van der Waals surface area (Å²) in [6.07, 6.45) is 4.10. The van der Waals surface area contributed by atoms with Crippen molar-refractivity contribution in [1.82, 2.24) is 0 Å². The van der Waals surface area contributed by atoms with Crippen molar-refractivity contribution in [1.29, 1.82) is 0 Å². The summed E-state index contributed by atoms with van der Waals surface area (Å²) in [7, 11) is 3.07. The molecule has 0 radical (unpaired) electrons. The third-order valence-corrected chi connectivity index (χ3v) is 3.80. The molecular formula is C11H18O4. The van der Waals surface area contributed by atoms with Gasteiger partial charge in [-0.3, -0.25) is 0 Å². The molecule has 3 atom stereocenters. The molecule has 1 spiro atoms. The van der Waals surface area contributed by atoms with Crippen LogP contribution in [0.25, 0.3) is 0 Å². The quantitative estimate of drug-likeness (QED) is 0.513. The molecule has 0 N–H and O–H groups in total. The van der Waals surface area contributed by atoms with E-state index in [0.29, 0.717) is 0 Å². The van der Waals surface area contributed by atoms with E-state index in [1.54, 1.807) is 14.0 Å². The van der Waals surface area contributed by atoms with E-state index < -0.39 is 11.2 Å². The van der Waals surface area contributed by atoms with Crippen LogP contribution in [0.15, 0.2) is 0 Å². The molecule has 1 aliphatic carbocycles. The summed E-state index contributed by atoms with van der Waals surface area (Å²) < 4.78 is 15.9. The first-order chi connectivity index (χ1) is 7.10. The molecule has 86 valence electrons. The lowest BCUT2D eigenvalue weighted by Gasteiger charge is -2.29. The first kappa shape index (κ1) is 10.9. The Labute approximate surface area is 89.9 Å². The monoisotopic (exact) mass is 214 g/mol. The molecule has 2 rings (SSSR count). The van der Waals surface area contributed by atoms with Crippen molar-refractivity contribution in [2.24, 2.45) is 0 Å². The van der Waals surface area contributed by atoms with Crippen LogP contribution in [-0.4, -0.2) is 37.5 Å². The predicted octanol–water partition coefficient (Wildman–Crippen LogP) is 1.28. The minimum atomic E-state index is -0.789. The maximum absolute atomic E-state index is 11.6. The van der Waals surface area contributed by atoms with Crippen molar-refractivity contribution >= 4 is 5.97 Å². The van der Waals surface area contributed by atoms with E-state index in [1.165, 1.54) is 7.11 Å². The van der Waals surface area contributed by atoms with Gasteiger partial charge >= 0.3 is 5.97 Å². The zero-order valence-electron chi connectivity index (χ0n) is 9.54. The van der Waals surface area contributed by atoms with E-state index in [0.717, 1.165) is 25.7 Å². The van der Waals surface area contributed by atoms with Crippen LogP contribution in [0.5, 0.6) is 0 Å². The number of carbonyl (C=O) groups is 1. The van der Waals surface area contributed by atoms with E-state index in [2.05, 4.69) is 0 Å². The van der Waals surface area contributed by atoms with Crippen LogP contribution in [-0.2, 0) is 19.0 Å². The number of carbonyl (C=O) groups excluding carboxylic acids is 1. The Kier molecular flexibility index (Phi) is 2.51. The smallest absolute Gasteiger partial charge is 0.341 e. The molecule has 2 fully saturated rings. The van der Waals surface area contributed by atoms with Crippen LogP contribution in [0.1, 0.15) is 32.6 Å². The van der Waals surface area contributed by atoms with Gasteiger partial charge in [0.25, 0.3) is 0 Å². The van der Waals surface area contributed by atoms with Crippen molar-refractivity contribution < 1.29 is 19.0 Å². The Morgan fingerprint density at radius 2 is 2.13 bits per heavy atom. The average molecular weight is 214 g/mol. The maximum Gasteiger partial charge on any atom is 0.341 e. The minimum absolute atomic E-state index is 0.0235. The normalized spacial score (nSPS) is 44.1. The van der Waals surface area contributed by atoms with E-state index in [9.17, 15) is 4.79 Å². The maximum atomic E-state index is 11.6. The summed E-state index contributed by atoms with van der Waals surface area (Å²) in [6, 6.07) is 0. The van der Waals surface area contributed by atoms with Crippen LogP contribution in [0.3, 0.4) is 0 Å². The number of rotatable bonds is 2. The average Bonchev–Trinajstić information content (AvgIpc) is 2.85. The van der Waals surface area contributed by atoms with Crippen molar-refractivity contribution in [3.63, 3.8) is 0 Å². The van der Waals surface area contributed by atoms with Gasteiger partial charge in [-0.05, 0) is 19.8 Å². The highest BCUT2D eigenvalue weighted by molar-refractivity contribution is 5.84. The fraction of sp³-hybridized carbons (Fsp3) is 0.909. The highest BCUT2D eigenvalue weighted by atomic mass is 16.7. The molecule has 3 unspecified atom stereocenters. The molecule has 0 aromatic carbocycles. The number of methoxy groups -OCH3 is 2. The highest BCUT2D eigenvalue weighted by Gasteiger charge is 2.76. The predicted molar refractivity (Wildman–Crippen MR) is 53.5 cm³/mol. The lowest BCUT2D eigenvalue weighted by Crippen LogP contribution is -2.44. The van der Waals surface area contributed by atoms with Crippen LogP contribution >= 0.6 is 0 Å². The number of esters is 1. The third-order valence-electron chi connectivity index (χ3n) is 3.80. The molecule has 0 amide bonds. The van der Waals surface area contributed by atoms with E-state index >= 15 is 0 Å². The summed E-state index contributed by atoms with van der Waals surface area (Å²) in [5.41, 5.74) is -1.21. The second-order valence-electron chi connectivity index (χ2n) is 4.49. The van der Waals surface area contributed by atoms with E-state index in [4.69, 9.17) is 14.2 Å². The first-order valence-corrected chi connectivity index (χ1v) is 5.42. The SMILES string of the molecule is COC(=O)C1(C)OC12CCCCC2OC. The first-order valence-electron chi connectivity index (χ1n) is 5.42. The molecule has 0 aromatic heterocycles. The summed E-state index contributed by atoms with van der Waals surface area (Å²) in [4.78, 5) is 11.6. The Bertz CT molecular complexity index is 278. The lowest BCUT2D eigenvalue weighted by molar-refractivity contribution is -0.146. The van der Waals surface area contributed by atoms with Gasteiger partial charge < -0.3 is 14.2 Å². The molecule has 0 bridgehead atoms. The number of hydrogen-bond acceptors (Lipinski definition) is 4. The van der Waals surface area contributed by atoms with Crippen LogP contribution < -0.4 is 0 Å². The van der Waals surface area contributed by atoms with Gasteiger partial charge in [0, 0.05) is 7.11 Å². The zero-order chi connectivity index (χ0) is 11.1. The van der Waals surface area contributed by atoms with Crippen LogP contribution in [0, 0.1) is 0 Å². The largest absolute Gasteiger partial charge is 0.467 e. The van der Waals surface area contributed by atoms with Crippen LogP contribution in [0.4, 0.5) is 0 Å². The van der Waals surface area contributed by atoms with Crippen molar-refractivity contribution in [3.05, 3.63) is 0 Å². The molecule has 1 aliphatic heterocycles.